The van der Waals surface area contributed by atoms with Gasteiger partial charge >= 0.3 is 0 Å². The minimum absolute atomic E-state index is 0.167. The number of hydrogen-bond acceptors (Lipinski definition) is 2. The van der Waals surface area contributed by atoms with Crippen LogP contribution in [0.1, 0.15) is 16.1 Å². The average molecular weight is 233 g/mol. The Hall–Kier alpha value is -2.17. The summed E-state index contributed by atoms with van der Waals surface area (Å²) < 4.78 is 14.9. The number of halogens is 1. The van der Waals surface area contributed by atoms with Gasteiger partial charge in [0, 0.05) is 12.7 Å². The highest BCUT2D eigenvalue weighted by atomic mass is 19.1. The Morgan fingerprint density at radius 2 is 2.12 bits per heavy atom. The molecule has 0 unspecified atom stereocenters. The average Bonchev–Trinajstić information content (AvgIpc) is 2.63. The van der Waals surface area contributed by atoms with Crippen molar-refractivity contribution in [2.75, 3.05) is 5.32 Å². The molecule has 0 spiro atoms. The maximum absolute atomic E-state index is 13.3. The van der Waals surface area contributed by atoms with Gasteiger partial charge in [-0.05, 0) is 19.1 Å². The molecule has 1 heterocycles. The van der Waals surface area contributed by atoms with Crippen LogP contribution in [0.5, 0.6) is 0 Å². The number of hydrogen-bond donors (Lipinski definition) is 1. The van der Waals surface area contributed by atoms with Crippen LogP contribution in [0.2, 0.25) is 0 Å². The van der Waals surface area contributed by atoms with Gasteiger partial charge in [-0.15, -0.1) is 0 Å². The van der Waals surface area contributed by atoms with Crippen LogP contribution in [-0.2, 0) is 7.05 Å². The van der Waals surface area contributed by atoms with E-state index in [1.807, 2.05) is 0 Å². The van der Waals surface area contributed by atoms with Gasteiger partial charge in [0.05, 0.1) is 17.4 Å². The molecular weight excluding hydrogens is 221 g/mol. The third-order valence-electron chi connectivity index (χ3n) is 2.60. The maximum Gasteiger partial charge on any atom is 0.259 e. The number of anilines is 1. The van der Waals surface area contributed by atoms with Crippen molar-refractivity contribution in [2.24, 2.45) is 7.05 Å². The second kappa shape index (κ2) is 4.37. The van der Waals surface area contributed by atoms with Crippen LogP contribution in [0.4, 0.5) is 10.1 Å². The van der Waals surface area contributed by atoms with E-state index in [1.165, 1.54) is 18.3 Å². The number of aromatic nitrogens is 2. The van der Waals surface area contributed by atoms with E-state index in [-0.39, 0.29) is 11.6 Å². The fraction of sp³-hybridized carbons (Fsp3) is 0.167. The summed E-state index contributed by atoms with van der Waals surface area (Å²) in [5, 5.41) is 6.48. The topological polar surface area (TPSA) is 46.9 Å². The highest BCUT2D eigenvalue weighted by molar-refractivity contribution is 6.04. The standard InChI is InChI=1S/C12H12FN3O/c1-8-9(7-14-16(8)2)12(17)15-11-6-4-3-5-10(11)13/h3-7H,1-2H3,(H,15,17). The van der Waals surface area contributed by atoms with Gasteiger partial charge in [-0.25, -0.2) is 4.39 Å². The molecule has 0 aliphatic heterocycles. The molecule has 0 saturated carbocycles. The fourth-order valence-corrected chi connectivity index (χ4v) is 1.47. The van der Waals surface area contributed by atoms with Gasteiger partial charge in [-0.1, -0.05) is 12.1 Å². The van der Waals surface area contributed by atoms with E-state index < -0.39 is 5.82 Å². The molecule has 1 N–H and O–H groups in total. The van der Waals surface area contributed by atoms with Crippen molar-refractivity contribution in [1.82, 2.24) is 9.78 Å². The first-order chi connectivity index (χ1) is 8.09. The van der Waals surface area contributed by atoms with Gasteiger partial charge in [0.2, 0.25) is 0 Å². The molecule has 0 aliphatic rings. The summed E-state index contributed by atoms with van der Waals surface area (Å²) >= 11 is 0. The molecule has 0 fully saturated rings. The molecule has 2 rings (SSSR count). The zero-order valence-electron chi connectivity index (χ0n) is 9.57. The Kier molecular flexibility index (Phi) is 2.91. The lowest BCUT2D eigenvalue weighted by Gasteiger charge is -2.05. The van der Waals surface area contributed by atoms with E-state index in [1.54, 1.807) is 30.8 Å². The fourth-order valence-electron chi connectivity index (χ4n) is 1.47. The van der Waals surface area contributed by atoms with Crippen molar-refractivity contribution >= 4 is 11.6 Å². The smallest absolute Gasteiger partial charge is 0.259 e. The lowest BCUT2D eigenvalue weighted by atomic mass is 10.2. The number of carbonyl (C=O) groups excluding carboxylic acids is 1. The van der Waals surface area contributed by atoms with Crippen LogP contribution in [0.25, 0.3) is 0 Å². The second-order valence-electron chi connectivity index (χ2n) is 3.70. The van der Waals surface area contributed by atoms with Crippen molar-refractivity contribution in [3.05, 3.63) is 47.5 Å². The maximum atomic E-state index is 13.3. The quantitative estimate of drug-likeness (QED) is 0.863. The van der Waals surface area contributed by atoms with Crippen molar-refractivity contribution in [2.45, 2.75) is 6.92 Å². The first-order valence-corrected chi connectivity index (χ1v) is 5.14. The zero-order valence-corrected chi connectivity index (χ0v) is 9.57. The Bertz CT molecular complexity index is 563. The highest BCUT2D eigenvalue weighted by Gasteiger charge is 2.14. The molecule has 0 bridgehead atoms. The molecule has 4 nitrogen and oxygen atoms in total. The van der Waals surface area contributed by atoms with E-state index in [0.717, 1.165) is 5.69 Å². The molecule has 88 valence electrons. The third-order valence-corrected chi connectivity index (χ3v) is 2.60. The van der Waals surface area contributed by atoms with Crippen LogP contribution in [0.15, 0.2) is 30.5 Å². The van der Waals surface area contributed by atoms with Gasteiger partial charge in [0.25, 0.3) is 5.91 Å². The number of nitrogens with zero attached hydrogens (tertiary/aromatic N) is 2. The first kappa shape index (κ1) is 11.3. The largest absolute Gasteiger partial charge is 0.319 e. The summed E-state index contributed by atoms with van der Waals surface area (Å²) in [6.45, 7) is 1.78. The summed E-state index contributed by atoms with van der Waals surface area (Å²) in [7, 11) is 1.75. The summed E-state index contributed by atoms with van der Waals surface area (Å²) in [5.74, 6) is -0.817. The molecule has 0 radical (unpaired) electrons. The number of nitrogens with one attached hydrogen (secondary N) is 1. The van der Waals surface area contributed by atoms with Crippen molar-refractivity contribution in [1.29, 1.82) is 0 Å². The van der Waals surface area contributed by atoms with Crippen LogP contribution >= 0.6 is 0 Å². The lowest BCUT2D eigenvalue weighted by Crippen LogP contribution is -2.13. The molecule has 1 aromatic heterocycles. The number of amides is 1. The summed E-state index contributed by atoms with van der Waals surface area (Å²) in [4.78, 5) is 11.9. The monoisotopic (exact) mass is 233 g/mol. The highest BCUT2D eigenvalue weighted by Crippen LogP contribution is 2.15. The van der Waals surface area contributed by atoms with Gasteiger partial charge in [-0.3, -0.25) is 9.48 Å². The van der Waals surface area contributed by atoms with Crippen LogP contribution in [0.3, 0.4) is 0 Å². The molecule has 0 saturated heterocycles. The van der Waals surface area contributed by atoms with Gasteiger partial charge < -0.3 is 5.32 Å². The molecule has 1 amide bonds. The Labute approximate surface area is 98.1 Å². The Morgan fingerprint density at radius 3 is 2.71 bits per heavy atom. The number of aryl methyl sites for hydroxylation is 1. The van der Waals surface area contributed by atoms with Crippen molar-refractivity contribution in [3.8, 4) is 0 Å². The second-order valence-corrected chi connectivity index (χ2v) is 3.70. The van der Waals surface area contributed by atoms with Crippen LogP contribution in [0, 0.1) is 12.7 Å². The van der Waals surface area contributed by atoms with E-state index >= 15 is 0 Å². The summed E-state index contributed by atoms with van der Waals surface area (Å²) in [5.41, 5.74) is 1.34. The number of carbonyl (C=O) groups is 1. The van der Waals surface area contributed by atoms with E-state index in [0.29, 0.717) is 5.56 Å². The zero-order chi connectivity index (χ0) is 12.4. The van der Waals surface area contributed by atoms with E-state index in [2.05, 4.69) is 10.4 Å². The van der Waals surface area contributed by atoms with Crippen LogP contribution in [-0.4, -0.2) is 15.7 Å². The van der Waals surface area contributed by atoms with E-state index in [4.69, 9.17) is 0 Å². The van der Waals surface area contributed by atoms with Crippen LogP contribution < -0.4 is 5.32 Å². The Balaban J connectivity index is 2.23. The van der Waals surface area contributed by atoms with Gasteiger partial charge in [0.15, 0.2) is 0 Å². The Morgan fingerprint density at radius 1 is 1.41 bits per heavy atom. The number of rotatable bonds is 2. The normalized spacial score (nSPS) is 10.3. The predicted molar refractivity (Wildman–Crippen MR) is 62.3 cm³/mol. The first-order valence-electron chi connectivity index (χ1n) is 5.14. The minimum Gasteiger partial charge on any atom is -0.319 e. The number of benzene rings is 1. The molecule has 0 atom stereocenters. The third kappa shape index (κ3) is 2.18. The van der Waals surface area contributed by atoms with E-state index in [9.17, 15) is 9.18 Å². The minimum atomic E-state index is -0.456. The summed E-state index contributed by atoms with van der Waals surface area (Å²) in [6.07, 6.45) is 1.46. The SMILES string of the molecule is Cc1c(C(=O)Nc2ccccc2F)cnn1C. The molecule has 0 aliphatic carbocycles. The molecule has 17 heavy (non-hydrogen) atoms. The lowest BCUT2D eigenvalue weighted by molar-refractivity contribution is 0.102. The molecule has 1 aromatic carbocycles. The van der Waals surface area contributed by atoms with Gasteiger partial charge in [-0.2, -0.15) is 5.10 Å². The van der Waals surface area contributed by atoms with Crippen molar-refractivity contribution < 1.29 is 9.18 Å². The molecular formula is C12H12FN3O. The predicted octanol–water partition coefficient (Wildman–Crippen LogP) is 2.12. The molecule has 5 heteroatoms. The van der Waals surface area contributed by atoms with Crippen molar-refractivity contribution in [3.63, 3.8) is 0 Å². The van der Waals surface area contributed by atoms with Gasteiger partial charge in [0.1, 0.15) is 5.82 Å². The number of para-hydroxylation sites is 1. The molecule has 2 aromatic rings. The summed E-state index contributed by atoms with van der Waals surface area (Å²) in [6, 6.07) is 6.04.